The molecule has 0 aromatic heterocycles. The molecule has 0 atom stereocenters. The molecular formula is C16H19N3O4S. The summed E-state index contributed by atoms with van der Waals surface area (Å²) >= 11 is 0.938. The molecule has 1 saturated heterocycles. The van der Waals surface area contributed by atoms with Gasteiger partial charge in [-0.2, -0.15) is 0 Å². The first-order chi connectivity index (χ1) is 11.5. The number of amides is 4. The number of carbonyl (C=O) groups is 4. The van der Waals surface area contributed by atoms with Crippen molar-refractivity contribution in [1.29, 1.82) is 0 Å². The van der Waals surface area contributed by atoms with Crippen LogP contribution in [0.4, 0.5) is 4.79 Å². The molecule has 1 fully saturated rings. The number of thioether (sulfide) groups is 1. The molecule has 8 heteroatoms. The molecule has 2 rings (SSSR count). The Morgan fingerprint density at radius 3 is 2.54 bits per heavy atom. The van der Waals surface area contributed by atoms with Crippen molar-refractivity contribution in [2.75, 3.05) is 25.4 Å². The first-order valence-corrected chi connectivity index (χ1v) is 8.59. The summed E-state index contributed by atoms with van der Waals surface area (Å²) in [6.07, 6.45) is 0. The standard InChI is InChI=1S/C16H19N3O4S/c1-2-18(10-12-6-4-3-5-7-12)15(22)14(21)17-8-9-19-13(20)11-24-16(19)23/h3-7H,2,8-11H2,1H3,(H,17,21). The van der Waals surface area contributed by atoms with Crippen LogP contribution in [0.2, 0.25) is 0 Å². The highest BCUT2D eigenvalue weighted by molar-refractivity contribution is 8.14. The number of nitrogens with one attached hydrogen (secondary N) is 1. The molecule has 0 spiro atoms. The maximum Gasteiger partial charge on any atom is 0.312 e. The van der Waals surface area contributed by atoms with Gasteiger partial charge in [0.2, 0.25) is 5.91 Å². The van der Waals surface area contributed by atoms with E-state index in [1.165, 1.54) is 4.90 Å². The van der Waals surface area contributed by atoms with E-state index in [0.717, 1.165) is 22.2 Å². The van der Waals surface area contributed by atoms with E-state index in [-0.39, 0.29) is 30.0 Å². The zero-order valence-corrected chi connectivity index (χ0v) is 14.2. The van der Waals surface area contributed by atoms with Gasteiger partial charge in [0.15, 0.2) is 0 Å². The molecule has 1 aromatic carbocycles. The van der Waals surface area contributed by atoms with Crippen molar-refractivity contribution in [3.05, 3.63) is 35.9 Å². The Hall–Kier alpha value is -2.35. The second-order valence-electron chi connectivity index (χ2n) is 5.16. The van der Waals surface area contributed by atoms with Gasteiger partial charge >= 0.3 is 11.8 Å². The van der Waals surface area contributed by atoms with Crippen LogP contribution in [0.25, 0.3) is 0 Å². The molecular weight excluding hydrogens is 330 g/mol. The number of hydrogen-bond donors (Lipinski definition) is 1. The van der Waals surface area contributed by atoms with Crippen LogP contribution < -0.4 is 5.32 Å². The fourth-order valence-electron chi connectivity index (χ4n) is 2.23. The van der Waals surface area contributed by atoms with Crippen LogP contribution in [-0.2, 0) is 20.9 Å². The van der Waals surface area contributed by atoms with Gasteiger partial charge in [-0.05, 0) is 12.5 Å². The second kappa shape index (κ2) is 8.49. The number of imide groups is 1. The SMILES string of the molecule is CCN(Cc1ccccc1)C(=O)C(=O)NCCN1C(=O)CSC1=O. The van der Waals surface area contributed by atoms with Crippen molar-refractivity contribution in [1.82, 2.24) is 15.1 Å². The van der Waals surface area contributed by atoms with Gasteiger partial charge in [-0.15, -0.1) is 0 Å². The highest BCUT2D eigenvalue weighted by Gasteiger charge is 2.29. The molecule has 1 N–H and O–H groups in total. The summed E-state index contributed by atoms with van der Waals surface area (Å²) in [4.78, 5) is 49.6. The van der Waals surface area contributed by atoms with Gasteiger partial charge < -0.3 is 10.2 Å². The number of likely N-dealkylation sites (N-methyl/N-ethyl adjacent to an activating group) is 1. The van der Waals surface area contributed by atoms with Gasteiger partial charge in [-0.25, -0.2) is 0 Å². The van der Waals surface area contributed by atoms with E-state index in [1.807, 2.05) is 30.3 Å². The summed E-state index contributed by atoms with van der Waals surface area (Å²) in [5.41, 5.74) is 0.936. The molecule has 1 aromatic rings. The van der Waals surface area contributed by atoms with Crippen LogP contribution in [0, 0.1) is 0 Å². The van der Waals surface area contributed by atoms with E-state index in [2.05, 4.69) is 5.32 Å². The highest BCUT2D eigenvalue weighted by atomic mass is 32.2. The average molecular weight is 349 g/mol. The van der Waals surface area contributed by atoms with Crippen LogP contribution in [0.3, 0.4) is 0 Å². The normalized spacial score (nSPS) is 14.0. The van der Waals surface area contributed by atoms with Gasteiger partial charge in [0, 0.05) is 26.2 Å². The maximum atomic E-state index is 12.2. The topological polar surface area (TPSA) is 86.8 Å². The lowest BCUT2D eigenvalue weighted by atomic mass is 10.2. The summed E-state index contributed by atoms with van der Waals surface area (Å²) in [6, 6.07) is 9.39. The Morgan fingerprint density at radius 1 is 1.25 bits per heavy atom. The number of rotatable bonds is 6. The summed E-state index contributed by atoms with van der Waals surface area (Å²) in [7, 11) is 0. The minimum Gasteiger partial charge on any atom is -0.346 e. The maximum absolute atomic E-state index is 12.2. The van der Waals surface area contributed by atoms with Crippen molar-refractivity contribution in [2.45, 2.75) is 13.5 Å². The van der Waals surface area contributed by atoms with E-state index in [4.69, 9.17) is 0 Å². The van der Waals surface area contributed by atoms with Crippen molar-refractivity contribution in [3.63, 3.8) is 0 Å². The van der Waals surface area contributed by atoms with E-state index >= 15 is 0 Å². The molecule has 1 heterocycles. The third kappa shape index (κ3) is 4.58. The zero-order chi connectivity index (χ0) is 17.5. The summed E-state index contributed by atoms with van der Waals surface area (Å²) < 4.78 is 0. The van der Waals surface area contributed by atoms with E-state index in [0.29, 0.717) is 13.1 Å². The van der Waals surface area contributed by atoms with Crippen molar-refractivity contribution < 1.29 is 19.2 Å². The van der Waals surface area contributed by atoms with Gasteiger partial charge in [0.05, 0.1) is 5.75 Å². The Bertz CT molecular complexity index is 619. The van der Waals surface area contributed by atoms with E-state index in [9.17, 15) is 19.2 Å². The molecule has 7 nitrogen and oxygen atoms in total. The number of benzene rings is 1. The van der Waals surface area contributed by atoms with Gasteiger partial charge in [0.25, 0.3) is 5.24 Å². The predicted molar refractivity (Wildman–Crippen MR) is 90.1 cm³/mol. The van der Waals surface area contributed by atoms with E-state index < -0.39 is 11.8 Å². The first-order valence-electron chi connectivity index (χ1n) is 7.61. The average Bonchev–Trinajstić information content (AvgIpc) is 2.91. The lowest BCUT2D eigenvalue weighted by Gasteiger charge is -2.20. The molecule has 0 radical (unpaired) electrons. The van der Waals surface area contributed by atoms with Gasteiger partial charge in [0.1, 0.15) is 0 Å². The molecule has 0 aliphatic carbocycles. The largest absolute Gasteiger partial charge is 0.346 e. The first kappa shape index (κ1) is 18.0. The third-order valence-corrected chi connectivity index (χ3v) is 4.40. The molecule has 128 valence electrons. The Kier molecular flexibility index (Phi) is 6.36. The van der Waals surface area contributed by atoms with Crippen LogP contribution in [0.15, 0.2) is 30.3 Å². The molecule has 1 aliphatic rings. The smallest absolute Gasteiger partial charge is 0.312 e. The minimum atomic E-state index is -0.737. The molecule has 4 amide bonds. The molecule has 0 bridgehead atoms. The summed E-state index contributed by atoms with van der Waals surface area (Å²) in [5.74, 6) is -1.51. The van der Waals surface area contributed by atoms with Crippen LogP contribution in [-0.4, -0.2) is 58.1 Å². The lowest BCUT2D eigenvalue weighted by molar-refractivity contribution is -0.146. The monoisotopic (exact) mass is 349 g/mol. The molecule has 24 heavy (non-hydrogen) atoms. The van der Waals surface area contributed by atoms with Gasteiger partial charge in [-0.3, -0.25) is 24.1 Å². The Labute approximate surface area is 144 Å². The highest BCUT2D eigenvalue weighted by Crippen LogP contribution is 2.17. The van der Waals surface area contributed by atoms with E-state index in [1.54, 1.807) is 6.92 Å². The zero-order valence-electron chi connectivity index (χ0n) is 13.4. The van der Waals surface area contributed by atoms with Crippen molar-refractivity contribution in [2.24, 2.45) is 0 Å². The van der Waals surface area contributed by atoms with Gasteiger partial charge in [-0.1, -0.05) is 42.1 Å². The second-order valence-corrected chi connectivity index (χ2v) is 6.09. The predicted octanol–water partition coefficient (Wildman–Crippen LogP) is 0.847. The fraction of sp³-hybridized carbons (Fsp3) is 0.375. The minimum absolute atomic E-state index is 0.0610. The lowest BCUT2D eigenvalue weighted by Crippen LogP contribution is -2.45. The summed E-state index contributed by atoms with van der Waals surface area (Å²) in [6.45, 7) is 2.69. The number of carbonyl (C=O) groups excluding carboxylic acids is 4. The third-order valence-electron chi connectivity index (χ3n) is 3.54. The number of hydrogen-bond acceptors (Lipinski definition) is 5. The van der Waals surface area contributed by atoms with Crippen LogP contribution in [0.5, 0.6) is 0 Å². The van der Waals surface area contributed by atoms with Crippen LogP contribution >= 0.6 is 11.8 Å². The van der Waals surface area contributed by atoms with Crippen LogP contribution in [0.1, 0.15) is 12.5 Å². The number of nitrogens with zero attached hydrogens (tertiary/aromatic N) is 2. The quantitative estimate of drug-likeness (QED) is 0.769. The Morgan fingerprint density at radius 2 is 1.96 bits per heavy atom. The summed E-state index contributed by atoms with van der Waals surface area (Å²) in [5, 5.41) is 2.15. The Balaban J connectivity index is 1.83. The molecule has 0 unspecified atom stereocenters. The fourth-order valence-corrected chi connectivity index (χ4v) is 2.98. The molecule has 1 aliphatic heterocycles. The van der Waals surface area contributed by atoms with Crippen molar-refractivity contribution in [3.8, 4) is 0 Å². The molecule has 0 saturated carbocycles. The van der Waals surface area contributed by atoms with Crippen molar-refractivity contribution >= 4 is 34.7 Å².